The molecule has 0 aromatic heterocycles. The predicted octanol–water partition coefficient (Wildman–Crippen LogP) is 3.79. The van der Waals surface area contributed by atoms with Gasteiger partial charge < -0.3 is 14.2 Å². The van der Waals surface area contributed by atoms with Gasteiger partial charge in [0.15, 0.2) is 11.5 Å². The van der Waals surface area contributed by atoms with Crippen LogP contribution >= 0.6 is 0 Å². The minimum Gasteiger partial charge on any atom is -0.490 e. The van der Waals surface area contributed by atoms with Gasteiger partial charge in [-0.1, -0.05) is 13.3 Å². The van der Waals surface area contributed by atoms with E-state index in [1.807, 2.05) is 27.7 Å². The van der Waals surface area contributed by atoms with E-state index in [4.69, 9.17) is 14.2 Å². The van der Waals surface area contributed by atoms with Gasteiger partial charge in [0.2, 0.25) is 5.75 Å². The Morgan fingerprint density at radius 1 is 1.00 bits per heavy atom. The molecule has 0 aliphatic carbocycles. The fourth-order valence-electron chi connectivity index (χ4n) is 2.15. The highest BCUT2D eigenvalue weighted by Crippen LogP contribution is 2.39. The van der Waals surface area contributed by atoms with Crippen molar-refractivity contribution >= 4 is 11.6 Å². The molecule has 0 aliphatic heterocycles. The third kappa shape index (κ3) is 5.76. The number of nitrogens with one attached hydrogen (secondary N) is 1. The van der Waals surface area contributed by atoms with Crippen LogP contribution in [0.15, 0.2) is 17.2 Å². The molecular weight excluding hydrogens is 308 g/mol. The standard InChI is InChI=1S/C18H28N2O4/c1-6-10-13(5)19-20-18(21)14-11-15(22-7-2)17(24-9-4)16(12-14)23-8-3/h11-12H,6-10H2,1-5H3,(H,20,21). The molecule has 1 aromatic carbocycles. The third-order valence-corrected chi connectivity index (χ3v) is 3.13. The van der Waals surface area contributed by atoms with Crippen molar-refractivity contribution in [3.8, 4) is 17.2 Å². The summed E-state index contributed by atoms with van der Waals surface area (Å²) in [7, 11) is 0. The molecule has 0 saturated carbocycles. The fraction of sp³-hybridized carbons (Fsp3) is 0.556. The summed E-state index contributed by atoms with van der Waals surface area (Å²) in [5.74, 6) is 1.19. The molecular formula is C18H28N2O4. The van der Waals surface area contributed by atoms with Gasteiger partial charge in [0.25, 0.3) is 5.91 Å². The van der Waals surface area contributed by atoms with Crippen molar-refractivity contribution in [3.05, 3.63) is 17.7 Å². The van der Waals surface area contributed by atoms with Crippen molar-refractivity contribution in [2.75, 3.05) is 19.8 Å². The monoisotopic (exact) mass is 336 g/mol. The van der Waals surface area contributed by atoms with E-state index in [-0.39, 0.29) is 5.91 Å². The molecule has 0 spiro atoms. The van der Waals surface area contributed by atoms with Gasteiger partial charge in [-0.2, -0.15) is 5.10 Å². The van der Waals surface area contributed by atoms with Gasteiger partial charge in [-0.15, -0.1) is 0 Å². The summed E-state index contributed by atoms with van der Waals surface area (Å²) in [6, 6.07) is 3.30. The van der Waals surface area contributed by atoms with Crippen molar-refractivity contribution in [1.29, 1.82) is 0 Å². The lowest BCUT2D eigenvalue weighted by molar-refractivity contribution is 0.0953. The fourth-order valence-corrected chi connectivity index (χ4v) is 2.15. The van der Waals surface area contributed by atoms with Gasteiger partial charge in [-0.3, -0.25) is 4.79 Å². The summed E-state index contributed by atoms with van der Waals surface area (Å²) in [6.07, 6.45) is 1.83. The first-order chi connectivity index (χ1) is 11.6. The Morgan fingerprint density at radius 3 is 2.00 bits per heavy atom. The summed E-state index contributed by atoms with van der Waals surface area (Å²) in [5, 5.41) is 4.10. The Labute approximate surface area is 144 Å². The van der Waals surface area contributed by atoms with E-state index in [1.165, 1.54) is 0 Å². The number of amides is 1. The highest BCUT2D eigenvalue weighted by atomic mass is 16.5. The van der Waals surface area contributed by atoms with Crippen LogP contribution in [0.4, 0.5) is 0 Å². The Bertz CT molecular complexity index is 543. The number of nitrogens with zero attached hydrogens (tertiary/aromatic N) is 1. The normalized spacial score (nSPS) is 11.1. The van der Waals surface area contributed by atoms with E-state index in [1.54, 1.807) is 12.1 Å². The third-order valence-electron chi connectivity index (χ3n) is 3.13. The van der Waals surface area contributed by atoms with E-state index >= 15 is 0 Å². The maximum atomic E-state index is 12.4. The second-order valence-electron chi connectivity index (χ2n) is 5.14. The first-order valence-electron chi connectivity index (χ1n) is 8.47. The molecule has 0 fully saturated rings. The van der Waals surface area contributed by atoms with E-state index < -0.39 is 0 Å². The first-order valence-corrected chi connectivity index (χ1v) is 8.47. The van der Waals surface area contributed by atoms with E-state index in [2.05, 4.69) is 17.5 Å². The summed E-state index contributed by atoms with van der Waals surface area (Å²) < 4.78 is 16.9. The summed E-state index contributed by atoms with van der Waals surface area (Å²) in [5.41, 5.74) is 3.87. The lowest BCUT2D eigenvalue weighted by Gasteiger charge is -2.16. The van der Waals surface area contributed by atoms with Crippen LogP contribution in [0.5, 0.6) is 17.2 Å². The molecule has 1 amide bonds. The highest BCUT2D eigenvalue weighted by molar-refractivity contribution is 5.96. The van der Waals surface area contributed by atoms with Crippen LogP contribution in [0.2, 0.25) is 0 Å². The number of hydrogen-bond donors (Lipinski definition) is 1. The average Bonchev–Trinajstić information content (AvgIpc) is 2.56. The van der Waals surface area contributed by atoms with Crippen molar-refractivity contribution < 1.29 is 19.0 Å². The van der Waals surface area contributed by atoms with Crippen LogP contribution in [0.1, 0.15) is 57.8 Å². The topological polar surface area (TPSA) is 69.2 Å². The van der Waals surface area contributed by atoms with Crippen LogP contribution in [0.3, 0.4) is 0 Å². The van der Waals surface area contributed by atoms with Crippen LogP contribution in [-0.4, -0.2) is 31.4 Å². The zero-order valence-electron chi connectivity index (χ0n) is 15.3. The van der Waals surface area contributed by atoms with Crippen molar-refractivity contribution in [3.63, 3.8) is 0 Å². The van der Waals surface area contributed by atoms with E-state index in [9.17, 15) is 4.79 Å². The molecule has 1 aromatic rings. The van der Waals surface area contributed by atoms with Gasteiger partial charge in [0, 0.05) is 11.3 Å². The number of rotatable bonds is 10. The molecule has 6 heteroatoms. The Morgan fingerprint density at radius 2 is 1.54 bits per heavy atom. The highest BCUT2D eigenvalue weighted by Gasteiger charge is 2.18. The Hall–Kier alpha value is -2.24. The summed E-state index contributed by atoms with van der Waals surface area (Å²) in [4.78, 5) is 12.4. The second kappa shape index (κ2) is 10.5. The number of ether oxygens (including phenoxy) is 3. The molecule has 0 radical (unpaired) electrons. The smallest absolute Gasteiger partial charge is 0.271 e. The maximum Gasteiger partial charge on any atom is 0.271 e. The predicted molar refractivity (Wildman–Crippen MR) is 95.4 cm³/mol. The quantitative estimate of drug-likeness (QED) is 0.521. The Kier molecular flexibility index (Phi) is 8.68. The minimum absolute atomic E-state index is 0.310. The van der Waals surface area contributed by atoms with Crippen molar-refractivity contribution in [2.24, 2.45) is 5.10 Å². The van der Waals surface area contributed by atoms with Crippen molar-refractivity contribution in [1.82, 2.24) is 5.43 Å². The molecule has 24 heavy (non-hydrogen) atoms. The van der Waals surface area contributed by atoms with Crippen molar-refractivity contribution in [2.45, 2.75) is 47.5 Å². The van der Waals surface area contributed by atoms with Crippen LogP contribution in [0, 0.1) is 0 Å². The maximum absolute atomic E-state index is 12.4. The zero-order valence-corrected chi connectivity index (χ0v) is 15.3. The molecule has 134 valence electrons. The minimum atomic E-state index is -0.310. The number of hydrazone groups is 1. The zero-order chi connectivity index (χ0) is 17.9. The van der Waals surface area contributed by atoms with Gasteiger partial charge >= 0.3 is 0 Å². The lowest BCUT2D eigenvalue weighted by atomic mass is 10.1. The van der Waals surface area contributed by atoms with Gasteiger partial charge in [-0.25, -0.2) is 5.43 Å². The van der Waals surface area contributed by atoms with Gasteiger partial charge in [0.1, 0.15) is 0 Å². The first kappa shape index (κ1) is 19.8. The van der Waals surface area contributed by atoms with E-state index in [0.29, 0.717) is 42.6 Å². The molecule has 0 unspecified atom stereocenters. The lowest BCUT2D eigenvalue weighted by Crippen LogP contribution is -2.19. The molecule has 6 nitrogen and oxygen atoms in total. The largest absolute Gasteiger partial charge is 0.490 e. The van der Waals surface area contributed by atoms with E-state index in [0.717, 1.165) is 18.6 Å². The Balaban J connectivity index is 3.13. The van der Waals surface area contributed by atoms with Gasteiger partial charge in [-0.05, 0) is 46.2 Å². The molecule has 0 atom stereocenters. The molecule has 0 saturated heterocycles. The molecule has 0 heterocycles. The number of carbonyl (C=O) groups is 1. The molecule has 1 N–H and O–H groups in total. The van der Waals surface area contributed by atoms with Gasteiger partial charge in [0.05, 0.1) is 19.8 Å². The summed E-state index contributed by atoms with van der Waals surface area (Å²) in [6.45, 7) is 11.0. The van der Waals surface area contributed by atoms with Crippen LogP contribution < -0.4 is 19.6 Å². The SMILES string of the molecule is CCCC(C)=NNC(=O)c1cc(OCC)c(OCC)c(OCC)c1. The molecule has 1 rings (SSSR count). The number of benzene rings is 1. The number of hydrogen-bond acceptors (Lipinski definition) is 5. The average molecular weight is 336 g/mol. The molecule has 0 aliphatic rings. The number of carbonyl (C=O) groups excluding carboxylic acids is 1. The van der Waals surface area contributed by atoms with Crippen LogP contribution in [0.25, 0.3) is 0 Å². The molecule has 0 bridgehead atoms. The van der Waals surface area contributed by atoms with Crippen LogP contribution in [-0.2, 0) is 0 Å². The summed E-state index contributed by atoms with van der Waals surface area (Å²) >= 11 is 0. The second-order valence-corrected chi connectivity index (χ2v) is 5.14.